The van der Waals surface area contributed by atoms with Gasteiger partial charge in [-0.05, 0) is 12.5 Å². The quantitative estimate of drug-likeness (QED) is 0.481. The molecule has 3 aromatic rings. The molecule has 3 heteroatoms. The van der Waals surface area contributed by atoms with Crippen LogP contribution in [0.4, 0.5) is 5.69 Å². The van der Waals surface area contributed by atoms with Crippen LogP contribution in [0.15, 0.2) is 72.9 Å². The summed E-state index contributed by atoms with van der Waals surface area (Å²) in [5.41, 5.74) is 5.38. The number of hydrogen-bond acceptors (Lipinski definition) is 2. The zero-order chi connectivity index (χ0) is 19.2. The summed E-state index contributed by atoms with van der Waals surface area (Å²) in [6.45, 7) is 7.48. The number of rotatable bonds is 7. The number of carbonyl (C=O) groups excluding carboxylic acids is 1. The van der Waals surface area contributed by atoms with Gasteiger partial charge >= 0.3 is 0 Å². The minimum absolute atomic E-state index is 0.131. The van der Waals surface area contributed by atoms with E-state index in [1.807, 2.05) is 61.7 Å². The summed E-state index contributed by atoms with van der Waals surface area (Å²) in [7, 11) is 0. The van der Waals surface area contributed by atoms with Crippen molar-refractivity contribution in [1.29, 1.82) is 0 Å². The summed E-state index contributed by atoms with van der Waals surface area (Å²) in [6, 6.07) is 22.3. The third-order valence-electron chi connectivity index (χ3n) is 4.69. The Kier molecular flexibility index (Phi) is 6.02. The molecule has 0 spiro atoms. The topological polar surface area (TPSA) is 33.0 Å². The van der Waals surface area contributed by atoms with Crippen LogP contribution in [0.25, 0.3) is 0 Å². The zero-order valence-corrected chi connectivity index (χ0v) is 16.3. The van der Waals surface area contributed by atoms with Gasteiger partial charge in [-0.2, -0.15) is 4.57 Å². The number of nitrogens with one attached hydrogen (secondary N) is 1. The van der Waals surface area contributed by atoms with E-state index in [9.17, 15) is 4.79 Å². The number of benzene rings is 2. The average Bonchev–Trinajstić information content (AvgIpc) is 2.68. The van der Waals surface area contributed by atoms with Crippen LogP contribution in [0, 0.1) is 6.92 Å². The first-order valence-corrected chi connectivity index (χ1v) is 9.44. The monoisotopic (exact) mass is 359 g/mol. The molecule has 3 rings (SSSR count). The van der Waals surface area contributed by atoms with Crippen molar-refractivity contribution in [2.45, 2.75) is 39.8 Å². The molecule has 3 nitrogen and oxygen atoms in total. The van der Waals surface area contributed by atoms with Gasteiger partial charge in [0.2, 0.25) is 12.3 Å². The number of ketones is 1. The van der Waals surface area contributed by atoms with E-state index >= 15 is 0 Å². The number of hydrogen-bond donors (Lipinski definition) is 1. The average molecular weight is 359 g/mol. The van der Waals surface area contributed by atoms with E-state index in [0.29, 0.717) is 12.5 Å². The Morgan fingerprint density at radius 3 is 2.37 bits per heavy atom. The highest BCUT2D eigenvalue weighted by molar-refractivity contribution is 5.95. The molecule has 2 aromatic carbocycles. The first-order chi connectivity index (χ1) is 13.0. The van der Waals surface area contributed by atoms with Crippen molar-refractivity contribution in [3.63, 3.8) is 0 Å². The van der Waals surface area contributed by atoms with E-state index in [0.717, 1.165) is 29.1 Å². The van der Waals surface area contributed by atoms with Gasteiger partial charge in [-0.1, -0.05) is 74.0 Å². The second-order valence-corrected chi connectivity index (χ2v) is 7.25. The van der Waals surface area contributed by atoms with Crippen LogP contribution in [-0.2, 0) is 13.1 Å². The van der Waals surface area contributed by atoms with Crippen LogP contribution in [-0.4, -0.2) is 5.78 Å². The molecule has 1 N–H and O–H groups in total. The van der Waals surface area contributed by atoms with E-state index in [1.54, 1.807) is 0 Å². The molecular weight excluding hydrogens is 332 g/mol. The van der Waals surface area contributed by atoms with Gasteiger partial charge in [-0.25, -0.2) is 0 Å². The SMILES string of the molecule is Cc1ccc(C(=O)C[n+]2ccc(NCc3ccccc3)cc2C(C)C)cc1. The number of Topliss-reactive ketones (excluding diaryl/α,β-unsaturated/α-hetero) is 1. The van der Waals surface area contributed by atoms with E-state index < -0.39 is 0 Å². The predicted octanol–water partition coefficient (Wildman–Crippen LogP) is 4.90. The van der Waals surface area contributed by atoms with Crippen molar-refractivity contribution < 1.29 is 9.36 Å². The Balaban J connectivity index is 1.75. The predicted molar refractivity (Wildman–Crippen MR) is 110 cm³/mol. The third kappa shape index (κ3) is 5.04. The molecule has 0 aliphatic heterocycles. The minimum Gasteiger partial charge on any atom is -0.381 e. The van der Waals surface area contributed by atoms with Crippen molar-refractivity contribution in [3.05, 3.63) is 95.3 Å². The second-order valence-electron chi connectivity index (χ2n) is 7.25. The van der Waals surface area contributed by atoms with Crippen molar-refractivity contribution >= 4 is 11.5 Å². The lowest BCUT2D eigenvalue weighted by Crippen LogP contribution is -2.42. The maximum atomic E-state index is 12.7. The van der Waals surface area contributed by atoms with E-state index in [1.165, 1.54) is 5.56 Å². The molecule has 0 saturated carbocycles. The fourth-order valence-corrected chi connectivity index (χ4v) is 3.08. The maximum Gasteiger partial charge on any atom is 0.227 e. The van der Waals surface area contributed by atoms with Crippen LogP contribution in [0.1, 0.15) is 46.9 Å². The molecule has 1 aromatic heterocycles. The molecule has 1 heterocycles. The molecule has 0 atom stereocenters. The molecule has 0 saturated heterocycles. The van der Waals surface area contributed by atoms with E-state index in [2.05, 4.69) is 41.9 Å². The lowest BCUT2D eigenvalue weighted by Gasteiger charge is -2.11. The standard InChI is InChI=1S/C24H26N2O/c1-18(2)23-15-22(25-16-20-7-5-4-6-8-20)13-14-26(23)17-24(27)21-11-9-19(3)10-12-21/h4-15,18H,16-17H2,1-3H3/p+1. The van der Waals surface area contributed by atoms with Gasteiger partial charge in [0.15, 0.2) is 11.9 Å². The smallest absolute Gasteiger partial charge is 0.227 e. The number of nitrogens with zero attached hydrogens (tertiary/aromatic N) is 1. The summed E-state index contributed by atoms with van der Waals surface area (Å²) in [5, 5.41) is 3.48. The highest BCUT2D eigenvalue weighted by atomic mass is 16.1. The lowest BCUT2D eigenvalue weighted by atomic mass is 10.1. The van der Waals surface area contributed by atoms with E-state index in [4.69, 9.17) is 0 Å². The van der Waals surface area contributed by atoms with Gasteiger partial charge in [0.1, 0.15) is 0 Å². The maximum absolute atomic E-state index is 12.7. The minimum atomic E-state index is 0.131. The molecule has 0 unspecified atom stereocenters. The Labute approximate surface area is 161 Å². The van der Waals surface area contributed by atoms with Crippen LogP contribution < -0.4 is 9.88 Å². The van der Waals surface area contributed by atoms with Crippen molar-refractivity contribution in [2.75, 3.05) is 5.32 Å². The van der Waals surface area contributed by atoms with Crippen molar-refractivity contribution in [1.82, 2.24) is 0 Å². The molecule has 0 amide bonds. The Hall–Kier alpha value is -2.94. The van der Waals surface area contributed by atoms with Crippen LogP contribution in [0.5, 0.6) is 0 Å². The first-order valence-electron chi connectivity index (χ1n) is 9.44. The molecule has 138 valence electrons. The Bertz CT molecular complexity index is 899. The summed E-state index contributed by atoms with van der Waals surface area (Å²) in [4.78, 5) is 12.7. The van der Waals surface area contributed by atoms with E-state index in [-0.39, 0.29) is 5.78 Å². The Morgan fingerprint density at radius 1 is 1.00 bits per heavy atom. The fourth-order valence-electron chi connectivity index (χ4n) is 3.08. The molecule has 0 fully saturated rings. The van der Waals surface area contributed by atoms with Gasteiger partial charge in [-0.15, -0.1) is 0 Å². The Morgan fingerprint density at radius 2 is 1.70 bits per heavy atom. The van der Waals surface area contributed by atoms with Crippen LogP contribution in [0.2, 0.25) is 0 Å². The summed E-state index contributed by atoms with van der Waals surface area (Å²) in [6.07, 6.45) is 2.01. The number of aryl methyl sites for hydroxylation is 1. The van der Waals surface area contributed by atoms with Crippen LogP contribution in [0.3, 0.4) is 0 Å². The lowest BCUT2D eigenvalue weighted by molar-refractivity contribution is -0.691. The molecule has 27 heavy (non-hydrogen) atoms. The first kappa shape index (κ1) is 18.8. The fraction of sp³-hybridized carbons (Fsp3) is 0.250. The number of pyridine rings is 1. The van der Waals surface area contributed by atoms with Gasteiger partial charge < -0.3 is 5.32 Å². The number of carbonyl (C=O) groups is 1. The van der Waals surface area contributed by atoms with Crippen LogP contribution >= 0.6 is 0 Å². The highest BCUT2D eigenvalue weighted by Gasteiger charge is 2.19. The second kappa shape index (κ2) is 8.63. The molecular formula is C24H27N2O+. The molecule has 0 bridgehead atoms. The largest absolute Gasteiger partial charge is 0.381 e. The summed E-state index contributed by atoms with van der Waals surface area (Å²) >= 11 is 0. The molecule has 0 aliphatic rings. The zero-order valence-electron chi connectivity index (χ0n) is 16.3. The van der Waals surface area contributed by atoms with Gasteiger partial charge in [0.25, 0.3) is 0 Å². The number of aromatic nitrogens is 1. The van der Waals surface area contributed by atoms with Crippen molar-refractivity contribution in [2.24, 2.45) is 0 Å². The van der Waals surface area contributed by atoms with Crippen molar-refractivity contribution in [3.8, 4) is 0 Å². The van der Waals surface area contributed by atoms with Gasteiger partial charge in [-0.3, -0.25) is 4.79 Å². The summed E-state index contributed by atoms with van der Waals surface area (Å²) < 4.78 is 2.06. The number of anilines is 1. The highest BCUT2D eigenvalue weighted by Crippen LogP contribution is 2.16. The van der Waals surface area contributed by atoms with Gasteiger partial charge in [0.05, 0.1) is 0 Å². The molecule has 0 radical (unpaired) electrons. The summed E-state index contributed by atoms with van der Waals surface area (Å²) in [5.74, 6) is 0.459. The normalized spacial score (nSPS) is 10.8. The van der Waals surface area contributed by atoms with Gasteiger partial charge in [0, 0.05) is 35.8 Å². The molecule has 0 aliphatic carbocycles. The third-order valence-corrected chi connectivity index (χ3v) is 4.69.